The molecule has 0 saturated carbocycles. The third-order valence-electron chi connectivity index (χ3n) is 3.85. The quantitative estimate of drug-likeness (QED) is 0.769. The molecule has 3 atom stereocenters. The number of hydrogen-bond acceptors (Lipinski definition) is 3. The van der Waals surface area contributed by atoms with Crippen molar-refractivity contribution in [3.63, 3.8) is 0 Å². The van der Waals surface area contributed by atoms with E-state index in [1.54, 1.807) is 0 Å². The van der Waals surface area contributed by atoms with Gasteiger partial charge < -0.3 is 15.0 Å². The number of morpholine rings is 1. The monoisotopic (exact) mass is 254 g/mol. The Kier molecular flexibility index (Phi) is 3.97. The van der Waals surface area contributed by atoms with Crippen LogP contribution in [-0.2, 0) is 9.53 Å². The van der Waals surface area contributed by atoms with E-state index >= 15 is 0 Å². The zero-order valence-electron chi connectivity index (χ0n) is 12.0. The Morgan fingerprint density at radius 2 is 2.11 bits per heavy atom. The van der Waals surface area contributed by atoms with Gasteiger partial charge in [0.1, 0.15) is 0 Å². The van der Waals surface area contributed by atoms with Crippen LogP contribution >= 0.6 is 0 Å². The Hall–Kier alpha value is -0.610. The van der Waals surface area contributed by atoms with Crippen molar-refractivity contribution < 1.29 is 9.53 Å². The third kappa shape index (κ3) is 3.23. The largest absolute Gasteiger partial charge is 0.369 e. The average Bonchev–Trinajstić information content (AvgIpc) is 2.25. The van der Waals surface area contributed by atoms with Crippen LogP contribution in [0.3, 0.4) is 0 Å². The van der Waals surface area contributed by atoms with Crippen LogP contribution in [0.1, 0.15) is 40.5 Å². The molecular weight excluding hydrogens is 228 g/mol. The molecule has 2 rings (SSSR count). The van der Waals surface area contributed by atoms with E-state index in [1.807, 2.05) is 11.8 Å². The molecule has 0 spiro atoms. The number of amides is 1. The lowest BCUT2D eigenvalue weighted by molar-refractivity contribution is -0.162. The van der Waals surface area contributed by atoms with E-state index in [-0.39, 0.29) is 17.6 Å². The Balaban J connectivity index is 1.99. The lowest BCUT2D eigenvalue weighted by Crippen LogP contribution is -2.56. The molecule has 0 aromatic heterocycles. The number of hydrogen-bond donors (Lipinski definition) is 1. The molecule has 1 amide bonds. The maximum absolute atomic E-state index is 12.6. The Morgan fingerprint density at radius 3 is 2.72 bits per heavy atom. The van der Waals surface area contributed by atoms with Gasteiger partial charge >= 0.3 is 0 Å². The van der Waals surface area contributed by atoms with Crippen molar-refractivity contribution in [2.45, 2.75) is 58.3 Å². The zero-order chi connectivity index (χ0) is 13.3. The highest BCUT2D eigenvalue weighted by Crippen LogP contribution is 2.25. The second-order valence-corrected chi connectivity index (χ2v) is 6.48. The molecule has 2 fully saturated rings. The zero-order valence-corrected chi connectivity index (χ0v) is 12.0. The predicted molar refractivity (Wildman–Crippen MR) is 71.4 cm³/mol. The summed E-state index contributed by atoms with van der Waals surface area (Å²) in [7, 11) is 0. The fourth-order valence-corrected chi connectivity index (χ4v) is 3.24. The molecule has 18 heavy (non-hydrogen) atoms. The van der Waals surface area contributed by atoms with Crippen molar-refractivity contribution in [1.82, 2.24) is 10.2 Å². The van der Waals surface area contributed by atoms with Crippen LogP contribution in [0.5, 0.6) is 0 Å². The molecule has 0 radical (unpaired) electrons. The minimum absolute atomic E-state index is 0.136. The van der Waals surface area contributed by atoms with Gasteiger partial charge in [-0.25, -0.2) is 0 Å². The van der Waals surface area contributed by atoms with Gasteiger partial charge in [-0.3, -0.25) is 4.79 Å². The molecule has 2 saturated heterocycles. The standard InChI is InChI=1S/C14H26N2O2/c1-10-7-12(5-6-15-10)13(17)16-8-11(2)18-14(3,4)9-16/h10-12,15H,5-9H2,1-4H3/t10-,11?,12-/m0/s1. The van der Waals surface area contributed by atoms with E-state index in [0.717, 1.165) is 25.9 Å². The van der Waals surface area contributed by atoms with Crippen molar-refractivity contribution in [2.75, 3.05) is 19.6 Å². The van der Waals surface area contributed by atoms with Gasteiger partial charge in [-0.15, -0.1) is 0 Å². The number of ether oxygens (including phenoxy) is 1. The van der Waals surface area contributed by atoms with Gasteiger partial charge in [0.2, 0.25) is 5.91 Å². The summed E-state index contributed by atoms with van der Waals surface area (Å²) in [4.78, 5) is 14.6. The van der Waals surface area contributed by atoms with E-state index in [1.165, 1.54) is 0 Å². The number of carbonyl (C=O) groups excluding carboxylic acids is 1. The Morgan fingerprint density at radius 1 is 1.39 bits per heavy atom. The van der Waals surface area contributed by atoms with Gasteiger partial charge in [0.05, 0.1) is 11.7 Å². The molecule has 2 aliphatic heterocycles. The molecule has 0 aliphatic carbocycles. The van der Waals surface area contributed by atoms with Crippen LogP contribution in [0.15, 0.2) is 0 Å². The lowest BCUT2D eigenvalue weighted by atomic mass is 9.91. The molecule has 4 nitrogen and oxygen atoms in total. The molecule has 0 aromatic carbocycles. The summed E-state index contributed by atoms with van der Waals surface area (Å²) >= 11 is 0. The second kappa shape index (κ2) is 5.17. The first-order valence-electron chi connectivity index (χ1n) is 7.07. The highest BCUT2D eigenvalue weighted by Gasteiger charge is 2.36. The Bertz CT molecular complexity index is 317. The summed E-state index contributed by atoms with van der Waals surface area (Å²) < 4.78 is 5.86. The summed E-state index contributed by atoms with van der Waals surface area (Å²) in [5, 5.41) is 3.40. The topological polar surface area (TPSA) is 41.6 Å². The minimum Gasteiger partial charge on any atom is -0.369 e. The van der Waals surface area contributed by atoms with Gasteiger partial charge in [0.25, 0.3) is 0 Å². The second-order valence-electron chi connectivity index (χ2n) is 6.48. The molecule has 1 N–H and O–H groups in total. The Labute approximate surface area is 110 Å². The summed E-state index contributed by atoms with van der Waals surface area (Å²) in [6.07, 6.45) is 2.07. The number of rotatable bonds is 1. The van der Waals surface area contributed by atoms with Crippen LogP contribution in [-0.4, -0.2) is 48.2 Å². The van der Waals surface area contributed by atoms with E-state index in [0.29, 0.717) is 18.5 Å². The smallest absolute Gasteiger partial charge is 0.225 e. The van der Waals surface area contributed by atoms with Gasteiger partial charge in [-0.1, -0.05) is 0 Å². The van der Waals surface area contributed by atoms with Crippen molar-refractivity contribution in [3.8, 4) is 0 Å². The van der Waals surface area contributed by atoms with Crippen molar-refractivity contribution in [1.29, 1.82) is 0 Å². The van der Waals surface area contributed by atoms with E-state index in [4.69, 9.17) is 4.74 Å². The van der Waals surface area contributed by atoms with Crippen molar-refractivity contribution in [3.05, 3.63) is 0 Å². The van der Waals surface area contributed by atoms with Gasteiger partial charge in [0, 0.05) is 25.0 Å². The minimum atomic E-state index is -0.216. The molecule has 2 heterocycles. The maximum atomic E-state index is 12.6. The van der Waals surface area contributed by atoms with Crippen LogP contribution < -0.4 is 5.32 Å². The van der Waals surface area contributed by atoms with Crippen LogP contribution in [0.4, 0.5) is 0 Å². The molecule has 1 unspecified atom stereocenters. The average molecular weight is 254 g/mol. The summed E-state index contributed by atoms with van der Waals surface area (Å²) in [6, 6.07) is 0.458. The lowest BCUT2D eigenvalue weighted by Gasteiger charge is -2.43. The first-order chi connectivity index (χ1) is 8.37. The van der Waals surface area contributed by atoms with E-state index in [9.17, 15) is 4.79 Å². The highest BCUT2D eigenvalue weighted by molar-refractivity contribution is 5.79. The number of piperidine rings is 1. The number of nitrogens with one attached hydrogen (secondary N) is 1. The fraction of sp³-hybridized carbons (Fsp3) is 0.929. The maximum Gasteiger partial charge on any atom is 0.225 e. The summed E-state index contributed by atoms with van der Waals surface area (Å²) in [5.74, 6) is 0.522. The molecule has 4 heteroatoms. The normalized spacial score (nSPS) is 36.4. The van der Waals surface area contributed by atoms with Crippen LogP contribution in [0.25, 0.3) is 0 Å². The summed E-state index contributed by atoms with van der Waals surface area (Å²) in [6.45, 7) is 10.7. The van der Waals surface area contributed by atoms with Crippen LogP contribution in [0.2, 0.25) is 0 Å². The summed E-state index contributed by atoms with van der Waals surface area (Å²) in [5.41, 5.74) is -0.216. The van der Waals surface area contributed by atoms with Crippen LogP contribution in [0, 0.1) is 5.92 Å². The molecule has 2 aliphatic rings. The third-order valence-corrected chi connectivity index (χ3v) is 3.85. The molecule has 104 valence electrons. The van der Waals surface area contributed by atoms with E-state index < -0.39 is 0 Å². The first kappa shape index (κ1) is 13.8. The van der Waals surface area contributed by atoms with Gasteiger partial charge in [0.15, 0.2) is 0 Å². The molecular formula is C14H26N2O2. The SMILES string of the molecule is CC1CN(C(=O)[C@H]2CCN[C@@H](C)C2)CC(C)(C)O1. The number of carbonyl (C=O) groups is 1. The van der Waals surface area contributed by atoms with Crippen molar-refractivity contribution >= 4 is 5.91 Å². The fourth-order valence-electron chi connectivity index (χ4n) is 3.24. The van der Waals surface area contributed by atoms with Gasteiger partial charge in [-0.05, 0) is 47.1 Å². The molecule has 0 aromatic rings. The van der Waals surface area contributed by atoms with Crippen molar-refractivity contribution in [2.24, 2.45) is 5.92 Å². The highest BCUT2D eigenvalue weighted by atomic mass is 16.5. The number of nitrogens with zero attached hydrogens (tertiary/aromatic N) is 1. The van der Waals surface area contributed by atoms with Gasteiger partial charge in [-0.2, -0.15) is 0 Å². The first-order valence-corrected chi connectivity index (χ1v) is 7.07. The van der Waals surface area contributed by atoms with E-state index in [2.05, 4.69) is 26.1 Å². The molecule has 0 bridgehead atoms. The predicted octanol–water partition coefficient (Wildman–Crippen LogP) is 1.40.